The van der Waals surface area contributed by atoms with E-state index in [1.165, 1.54) is 25.2 Å². The fraction of sp³-hybridized carbons (Fsp3) is 0.292. The summed E-state index contributed by atoms with van der Waals surface area (Å²) >= 11 is 0. The smallest absolute Gasteiger partial charge is 0.451 e. The third kappa shape index (κ3) is 4.26. The van der Waals surface area contributed by atoms with Crippen LogP contribution in [0.1, 0.15) is 17.2 Å². The normalized spacial score (nSPS) is 13.8. The Balaban J connectivity index is 1.54. The third-order valence-electron chi connectivity index (χ3n) is 6.15. The van der Waals surface area contributed by atoms with Crippen LogP contribution in [-0.2, 0) is 31.1 Å². The molecule has 0 unspecified atom stereocenters. The molecule has 5 rings (SSSR count). The molecule has 0 N–H and O–H groups in total. The number of carbonyl (C=O) groups excluding carboxylic acids is 1. The molecular formula is C24H22F3N7O3. The van der Waals surface area contributed by atoms with Crippen LogP contribution in [0.2, 0.25) is 0 Å². The van der Waals surface area contributed by atoms with Crippen molar-refractivity contribution in [3.05, 3.63) is 53.6 Å². The zero-order valence-corrected chi connectivity index (χ0v) is 20.2. The highest BCUT2D eigenvalue weighted by atomic mass is 19.4. The summed E-state index contributed by atoms with van der Waals surface area (Å²) in [7, 11) is 4.78. The number of nitrogens with zero attached hydrogens (tertiary/aromatic N) is 7. The highest BCUT2D eigenvalue weighted by molar-refractivity contribution is 6.02. The van der Waals surface area contributed by atoms with E-state index in [2.05, 4.69) is 20.2 Å². The van der Waals surface area contributed by atoms with Gasteiger partial charge < -0.3 is 23.5 Å². The first kappa shape index (κ1) is 24.3. The predicted molar refractivity (Wildman–Crippen MR) is 127 cm³/mol. The third-order valence-corrected chi connectivity index (χ3v) is 6.15. The zero-order valence-electron chi connectivity index (χ0n) is 20.2. The number of ether oxygens (including phenoxy) is 2. The van der Waals surface area contributed by atoms with E-state index in [1.54, 1.807) is 6.08 Å². The molecule has 1 aliphatic heterocycles. The molecule has 13 heteroatoms. The van der Waals surface area contributed by atoms with Gasteiger partial charge in [-0.2, -0.15) is 23.1 Å². The van der Waals surface area contributed by atoms with Gasteiger partial charge in [-0.1, -0.05) is 30.3 Å². The minimum absolute atomic E-state index is 0.0538. The van der Waals surface area contributed by atoms with Crippen molar-refractivity contribution in [2.45, 2.75) is 19.3 Å². The van der Waals surface area contributed by atoms with Gasteiger partial charge in [-0.05, 0) is 11.6 Å². The molecule has 0 radical (unpaired) electrons. The average Bonchev–Trinajstić information content (AvgIpc) is 3.45. The monoisotopic (exact) mass is 513 g/mol. The maximum absolute atomic E-state index is 13.1. The number of aromatic nitrogens is 6. The van der Waals surface area contributed by atoms with Crippen LogP contribution in [0.4, 0.5) is 13.2 Å². The summed E-state index contributed by atoms with van der Waals surface area (Å²) in [6, 6.07) is 9.68. The van der Waals surface area contributed by atoms with Crippen LogP contribution in [0.15, 0.2) is 36.4 Å². The Morgan fingerprint density at radius 3 is 2.49 bits per heavy atom. The Labute approximate surface area is 209 Å². The van der Waals surface area contributed by atoms with Crippen molar-refractivity contribution >= 4 is 23.0 Å². The highest BCUT2D eigenvalue weighted by Crippen LogP contribution is 2.38. The quantitative estimate of drug-likeness (QED) is 0.378. The standard InChI is InChI=1S/C24H22F3N7O3/c1-32-19(14-7-5-4-6-8-14)15(18-20(32)28-23(37-3)29-21(18)36-2)9-10-17(35)33-11-12-34-16(13-33)30-31-22(34)24(25,26)27/h4-10H,11-13H2,1-3H3/b10-9+. The molecule has 0 bridgehead atoms. The molecule has 1 aromatic carbocycles. The molecule has 4 aromatic rings. The Kier molecular flexibility index (Phi) is 6.05. The van der Waals surface area contributed by atoms with Gasteiger partial charge >= 0.3 is 12.2 Å². The number of carbonyl (C=O) groups is 1. The molecule has 37 heavy (non-hydrogen) atoms. The first-order valence-corrected chi connectivity index (χ1v) is 11.2. The fourth-order valence-electron chi connectivity index (χ4n) is 4.46. The number of hydrogen-bond donors (Lipinski definition) is 0. The molecule has 1 amide bonds. The topological polar surface area (TPSA) is 100 Å². The number of amides is 1. The summed E-state index contributed by atoms with van der Waals surface area (Å²) in [4.78, 5) is 23.3. The molecule has 192 valence electrons. The number of rotatable bonds is 5. The summed E-state index contributed by atoms with van der Waals surface area (Å²) in [5.41, 5.74) is 2.84. The summed E-state index contributed by atoms with van der Waals surface area (Å²) in [6.07, 6.45) is -1.59. The van der Waals surface area contributed by atoms with Crippen LogP contribution < -0.4 is 9.47 Å². The van der Waals surface area contributed by atoms with Crippen molar-refractivity contribution in [3.63, 3.8) is 0 Å². The average molecular weight is 513 g/mol. The maximum atomic E-state index is 13.1. The van der Waals surface area contributed by atoms with Crippen molar-refractivity contribution < 1.29 is 27.4 Å². The SMILES string of the molecule is COc1nc(OC)c2c(/C=C/C(=O)N3CCn4c(nnc4C(F)(F)F)C3)c(-c3ccccc3)n(C)c2n1. The lowest BCUT2D eigenvalue weighted by atomic mass is 10.1. The van der Waals surface area contributed by atoms with E-state index in [-0.39, 0.29) is 43.3 Å². The maximum Gasteiger partial charge on any atom is 0.451 e. The second-order valence-electron chi connectivity index (χ2n) is 8.29. The van der Waals surface area contributed by atoms with Gasteiger partial charge in [-0.3, -0.25) is 4.79 Å². The van der Waals surface area contributed by atoms with Crippen molar-refractivity contribution in [2.24, 2.45) is 7.05 Å². The van der Waals surface area contributed by atoms with Crippen molar-refractivity contribution in [2.75, 3.05) is 20.8 Å². The first-order chi connectivity index (χ1) is 17.7. The van der Waals surface area contributed by atoms with Crippen molar-refractivity contribution in [3.8, 4) is 23.1 Å². The number of benzene rings is 1. The number of hydrogen-bond acceptors (Lipinski definition) is 7. The highest BCUT2D eigenvalue weighted by Gasteiger charge is 2.39. The van der Waals surface area contributed by atoms with Crippen LogP contribution in [0.5, 0.6) is 11.9 Å². The summed E-state index contributed by atoms with van der Waals surface area (Å²) in [5, 5.41) is 7.49. The predicted octanol–water partition coefficient (Wildman–Crippen LogP) is 3.32. The van der Waals surface area contributed by atoms with Crippen LogP contribution >= 0.6 is 0 Å². The number of aryl methyl sites for hydroxylation is 1. The Morgan fingerprint density at radius 2 is 1.81 bits per heavy atom. The van der Waals surface area contributed by atoms with Crippen LogP contribution in [0, 0.1) is 0 Å². The van der Waals surface area contributed by atoms with Crippen LogP contribution in [-0.4, -0.2) is 60.9 Å². The Hall–Kier alpha value is -4.42. The second-order valence-corrected chi connectivity index (χ2v) is 8.29. The number of alkyl halides is 3. The van der Waals surface area contributed by atoms with Gasteiger partial charge in [0, 0.05) is 31.8 Å². The number of halogens is 3. The molecule has 0 atom stereocenters. The lowest BCUT2D eigenvalue weighted by molar-refractivity contribution is -0.148. The van der Waals surface area contributed by atoms with Gasteiger partial charge in [-0.25, -0.2) is 0 Å². The molecule has 0 spiro atoms. The van der Waals surface area contributed by atoms with Gasteiger partial charge in [-0.15, -0.1) is 10.2 Å². The van der Waals surface area contributed by atoms with E-state index in [0.717, 1.165) is 15.8 Å². The molecular weight excluding hydrogens is 491 g/mol. The lowest BCUT2D eigenvalue weighted by Crippen LogP contribution is -2.38. The lowest BCUT2D eigenvalue weighted by Gasteiger charge is -2.27. The molecule has 10 nitrogen and oxygen atoms in total. The minimum atomic E-state index is -4.61. The van der Waals surface area contributed by atoms with E-state index in [9.17, 15) is 18.0 Å². The molecule has 1 aliphatic rings. The van der Waals surface area contributed by atoms with Gasteiger partial charge in [0.1, 0.15) is 0 Å². The second kappa shape index (κ2) is 9.22. The Morgan fingerprint density at radius 1 is 1.05 bits per heavy atom. The summed E-state index contributed by atoms with van der Waals surface area (Å²) < 4.78 is 53.0. The minimum Gasteiger partial charge on any atom is -0.480 e. The molecule has 3 aromatic heterocycles. The van der Waals surface area contributed by atoms with E-state index in [0.29, 0.717) is 16.6 Å². The van der Waals surface area contributed by atoms with Crippen molar-refractivity contribution in [1.29, 1.82) is 0 Å². The largest absolute Gasteiger partial charge is 0.480 e. The summed E-state index contributed by atoms with van der Waals surface area (Å²) in [5.74, 6) is -1.08. The van der Waals surface area contributed by atoms with Gasteiger partial charge in [0.05, 0.1) is 31.8 Å². The van der Waals surface area contributed by atoms with Crippen molar-refractivity contribution in [1.82, 2.24) is 34.2 Å². The molecule has 0 fully saturated rings. The van der Waals surface area contributed by atoms with Gasteiger partial charge in [0.2, 0.25) is 17.6 Å². The number of fused-ring (bicyclic) bond motifs is 2. The fourth-order valence-corrected chi connectivity index (χ4v) is 4.46. The summed E-state index contributed by atoms with van der Waals surface area (Å²) in [6.45, 7) is -0.0548. The van der Waals surface area contributed by atoms with E-state index in [4.69, 9.17) is 9.47 Å². The van der Waals surface area contributed by atoms with E-state index in [1.807, 2.05) is 41.9 Å². The molecule has 0 saturated heterocycles. The molecule has 0 saturated carbocycles. The zero-order chi connectivity index (χ0) is 26.3. The number of methoxy groups -OCH3 is 2. The molecule has 4 heterocycles. The van der Waals surface area contributed by atoms with Gasteiger partial charge in [0.25, 0.3) is 0 Å². The first-order valence-electron chi connectivity index (χ1n) is 11.2. The van der Waals surface area contributed by atoms with E-state index < -0.39 is 12.0 Å². The molecule has 0 aliphatic carbocycles. The van der Waals surface area contributed by atoms with Gasteiger partial charge in [0.15, 0.2) is 11.5 Å². The van der Waals surface area contributed by atoms with Crippen LogP contribution in [0.25, 0.3) is 28.4 Å². The van der Waals surface area contributed by atoms with Crippen LogP contribution in [0.3, 0.4) is 0 Å². The van der Waals surface area contributed by atoms with E-state index >= 15 is 0 Å². The Bertz CT molecular complexity index is 1510.